The van der Waals surface area contributed by atoms with Gasteiger partial charge in [0, 0.05) is 50.0 Å². The van der Waals surface area contributed by atoms with Gasteiger partial charge in [-0.15, -0.1) is 0 Å². The average molecular weight is 1040 g/mol. The topological polar surface area (TPSA) is 28.3 Å². The third-order valence-electron chi connectivity index (χ3n) is 18.8. The molecule has 394 valence electrons. The minimum atomic E-state index is -0.120. The first-order valence-corrected chi connectivity index (χ1v) is 29.1. The average Bonchev–Trinajstić information content (AvgIpc) is 3.40. The van der Waals surface area contributed by atoms with Crippen LogP contribution < -0.4 is 42.3 Å². The van der Waals surface area contributed by atoms with Crippen LogP contribution >= 0.6 is 0 Å². The van der Waals surface area contributed by atoms with Gasteiger partial charge in [0.05, 0.1) is 11.0 Å². The molecule has 0 atom stereocenters. The van der Waals surface area contributed by atoms with Crippen LogP contribution in [0.15, 0.2) is 133 Å². The molecule has 4 nitrogen and oxygen atoms in total. The number of rotatable bonds is 2. The van der Waals surface area contributed by atoms with Gasteiger partial charge in [-0.3, -0.25) is 0 Å². The lowest BCUT2D eigenvalue weighted by Gasteiger charge is -2.38. The molecular formula is C74H70B2N2O2. The third kappa shape index (κ3) is 6.96. The first-order valence-electron chi connectivity index (χ1n) is 29.1. The first kappa shape index (κ1) is 49.4. The second-order valence-electron chi connectivity index (χ2n) is 28.5. The van der Waals surface area contributed by atoms with Gasteiger partial charge >= 0.3 is 0 Å². The highest BCUT2D eigenvalue weighted by Gasteiger charge is 2.47. The number of benzene rings is 9. The van der Waals surface area contributed by atoms with Gasteiger partial charge < -0.3 is 18.6 Å². The highest BCUT2D eigenvalue weighted by atomic mass is 16.5. The Morgan fingerprint density at radius 3 is 1.10 bits per heavy atom. The minimum Gasteiger partial charge on any atom is -0.458 e. The van der Waals surface area contributed by atoms with Crippen LogP contribution in [0.3, 0.4) is 0 Å². The predicted molar refractivity (Wildman–Crippen MR) is 342 cm³/mol. The Morgan fingerprint density at radius 2 is 0.725 bits per heavy atom. The molecule has 0 amide bonds. The van der Waals surface area contributed by atoms with E-state index in [0.717, 1.165) is 34.1 Å². The van der Waals surface area contributed by atoms with Gasteiger partial charge in [-0.05, 0) is 198 Å². The zero-order chi connectivity index (χ0) is 55.8. The Morgan fingerprint density at radius 1 is 0.338 bits per heavy atom. The maximum Gasteiger partial charge on any atom is 0.256 e. The predicted octanol–water partition coefficient (Wildman–Crippen LogP) is 15.5. The molecule has 0 spiro atoms. The van der Waals surface area contributed by atoms with Crippen LogP contribution in [0.5, 0.6) is 23.0 Å². The van der Waals surface area contributed by atoms with E-state index in [-0.39, 0.29) is 35.1 Å². The van der Waals surface area contributed by atoms with Gasteiger partial charge in [0.2, 0.25) is 0 Å². The van der Waals surface area contributed by atoms with E-state index < -0.39 is 0 Å². The Labute approximate surface area is 472 Å². The zero-order valence-corrected chi connectivity index (χ0v) is 49.6. The lowest BCUT2D eigenvalue weighted by atomic mass is 9.31. The summed E-state index contributed by atoms with van der Waals surface area (Å²) >= 11 is 0. The summed E-state index contributed by atoms with van der Waals surface area (Å²) in [4.78, 5) is 0. The van der Waals surface area contributed by atoms with E-state index in [1.54, 1.807) is 0 Å². The van der Waals surface area contributed by atoms with Gasteiger partial charge in [0.15, 0.2) is 0 Å². The molecule has 80 heavy (non-hydrogen) atoms. The molecule has 0 bridgehead atoms. The van der Waals surface area contributed by atoms with E-state index in [1.165, 1.54) is 143 Å². The van der Waals surface area contributed by atoms with Crippen LogP contribution in [-0.4, -0.2) is 22.6 Å². The van der Waals surface area contributed by atoms with Gasteiger partial charge in [0.25, 0.3) is 13.4 Å². The van der Waals surface area contributed by atoms with E-state index >= 15 is 0 Å². The molecule has 11 aromatic rings. The smallest absolute Gasteiger partial charge is 0.256 e. The second kappa shape index (κ2) is 16.0. The summed E-state index contributed by atoms with van der Waals surface area (Å²) in [6.45, 7) is 36.8. The van der Waals surface area contributed by atoms with Crippen molar-refractivity contribution in [1.82, 2.24) is 9.13 Å². The molecule has 9 aromatic carbocycles. The van der Waals surface area contributed by atoms with Crippen LogP contribution in [0.2, 0.25) is 0 Å². The molecule has 4 aliphatic heterocycles. The first-order chi connectivity index (χ1) is 37.8. The van der Waals surface area contributed by atoms with Crippen molar-refractivity contribution >= 4 is 89.8 Å². The Hall–Kier alpha value is -7.69. The number of nitrogens with zero attached hydrogens (tertiary/aromatic N) is 2. The fourth-order valence-corrected chi connectivity index (χ4v) is 14.4. The molecule has 0 saturated heterocycles. The van der Waals surface area contributed by atoms with Gasteiger partial charge in [0.1, 0.15) is 23.0 Å². The zero-order valence-electron chi connectivity index (χ0n) is 49.6. The van der Waals surface area contributed by atoms with Crippen molar-refractivity contribution in [2.24, 2.45) is 0 Å². The number of fused-ring (bicyclic) bond motifs is 14. The molecule has 0 radical (unpaired) electrons. The molecule has 2 aromatic heterocycles. The molecule has 6 heterocycles. The number of hydrogen-bond donors (Lipinski definition) is 0. The fraction of sp³-hybridized carbons (Fsp3) is 0.270. The van der Waals surface area contributed by atoms with Crippen molar-refractivity contribution in [2.45, 2.75) is 132 Å². The van der Waals surface area contributed by atoms with E-state index in [1.807, 2.05) is 0 Å². The molecule has 0 fully saturated rings. The lowest BCUT2D eigenvalue weighted by molar-refractivity contribution is 0.465. The number of aryl methyl sites for hydroxylation is 4. The standard InChI is InChI=1S/C74H70B2N2O2/c1-39-17-21-49(41(3)25-39)43-27-61-67-65(29-43)79-63-38-64-56(37-55(63)75(67)57-35-47(73(11,12)13)33-53-51-31-45(71(5,6)7)19-23-59(51)77(61)69(53)57)76-58-36-48(74(14,15)16)34-54-52-32-46(72(8,9)10)20-24-60(52)78(70(54)58)62-28-44(30-66(80-64)68(62)76)50-22-18-40(2)26-42(50)4/h17-38H,1-16H3. The van der Waals surface area contributed by atoms with Crippen molar-refractivity contribution < 1.29 is 9.47 Å². The number of hydrogen-bond acceptors (Lipinski definition) is 2. The minimum absolute atomic E-state index is 0.0195. The van der Waals surface area contributed by atoms with Crippen LogP contribution in [-0.2, 0) is 21.7 Å². The summed E-state index contributed by atoms with van der Waals surface area (Å²) < 4.78 is 20.3. The second-order valence-corrected chi connectivity index (χ2v) is 28.5. The van der Waals surface area contributed by atoms with Crippen LogP contribution in [0.4, 0.5) is 0 Å². The van der Waals surface area contributed by atoms with Gasteiger partial charge in [-0.1, -0.05) is 161 Å². The highest BCUT2D eigenvalue weighted by molar-refractivity contribution is 7.02. The summed E-state index contributed by atoms with van der Waals surface area (Å²) in [7, 11) is 0. The normalized spacial score (nSPS) is 14.2. The van der Waals surface area contributed by atoms with Crippen molar-refractivity contribution in [2.75, 3.05) is 0 Å². The Balaban J connectivity index is 1.06. The molecule has 6 heteroatoms. The van der Waals surface area contributed by atoms with Gasteiger partial charge in [-0.2, -0.15) is 0 Å². The monoisotopic (exact) mass is 1040 g/mol. The van der Waals surface area contributed by atoms with Gasteiger partial charge in [-0.25, -0.2) is 0 Å². The van der Waals surface area contributed by atoms with E-state index in [9.17, 15) is 0 Å². The van der Waals surface area contributed by atoms with Crippen molar-refractivity contribution in [3.05, 3.63) is 178 Å². The molecular weight excluding hydrogens is 970 g/mol. The van der Waals surface area contributed by atoms with Crippen LogP contribution in [0.1, 0.15) is 128 Å². The number of aromatic nitrogens is 2. The summed E-state index contributed by atoms with van der Waals surface area (Å²) in [5.74, 6) is 3.49. The van der Waals surface area contributed by atoms with E-state index in [4.69, 9.17) is 9.47 Å². The highest BCUT2D eigenvalue weighted by Crippen LogP contribution is 2.46. The summed E-state index contributed by atoms with van der Waals surface area (Å²) in [6.07, 6.45) is 0. The fourth-order valence-electron chi connectivity index (χ4n) is 14.4. The van der Waals surface area contributed by atoms with Crippen molar-refractivity contribution in [3.8, 4) is 56.6 Å². The summed E-state index contributed by atoms with van der Waals surface area (Å²) in [6, 6.07) is 52.6. The Kier molecular flexibility index (Phi) is 9.89. The van der Waals surface area contributed by atoms with Crippen molar-refractivity contribution in [3.63, 3.8) is 0 Å². The maximum atomic E-state index is 7.55. The summed E-state index contributed by atoms with van der Waals surface area (Å²) in [5.41, 5.74) is 29.7. The largest absolute Gasteiger partial charge is 0.458 e. The van der Waals surface area contributed by atoms with Crippen LogP contribution in [0, 0.1) is 27.7 Å². The molecule has 4 aliphatic rings. The molecule has 0 N–H and O–H groups in total. The quantitative estimate of drug-likeness (QED) is 0.161. The Bertz CT molecular complexity index is 4340. The third-order valence-corrected chi connectivity index (χ3v) is 18.8. The molecule has 0 aliphatic carbocycles. The maximum absolute atomic E-state index is 7.55. The number of ether oxygens (including phenoxy) is 2. The molecule has 0 unspecified atom stereocenters. The van der Waals surface area contributed by atoms with E-state index in [0.29, 0.717) is 0 Å². The molecule has 15 rings (SSSR count). The SMILES string of the molecule is Cc1ccc(-c2cc3c4c(c2)-n2c5ccc(C(C)(C)C)cc5c5cc(C(C)(C)C)cc(c52)B4c2cc4c(cc2O3)Oc2cc(-c3ccc(C)cc3C)cc3c2B4c2cc(C(C)(C)C)cc4c5cc(C(C)(C)C)ccc5n-3c24)c(C)c1. The summed E-state index contributed by atoms with van der Waals surface area (Å²) in [5, 5.41) is 5.20. The lowest BCUT2D eigenvalue weighted by Crippen LogP contribution is -2.62. The van der Waals surface area contributed by atoms with E-state index in [2.05, 4.69) is 253 Å². The molecule has 0 saturated carbocycles. The van der Waals surface area contributed by atoms with Crippen LogP contribution in [0.25, 0.3) is 77.2 Å². The van der Waals surface area contributed by atoms with Crippen molar-refractivity contribution in [1.29, 1.82) is 0 Å².